The number of rotatable bonds is 9. The van der Waals surface area contributed by atoms with Gasteiger partial charge in [0.15, 0.2) is 0 Å². The maximum absolute atomic E-state index is 6.43. The lowest BCUT2D eigenvalue weighted by Crippen LogP contribution is -2.28. The summed E-state index contributed by atoms with van der Waals surface area (Å²) in [5, 5.41) is 2.27. The molecule has 2 atom stereocenters. The van der Waals surface area contributed by atoms with Crippen LogP contribution in [0.3, 0.4) is 0 Å². The van der Waals surface area contributed by atoms with Gasteiger partial charge in [0.25, 0.3) is 0 Å². The zero-order valence-corrected chi connectivity index (χ0v) is 37.9. The van der Waals surface area contributed by atoms with E-state index in [1.54, 1.807) is 0 Å². The molecule has 13 rings (SSSR count). The summed E-state index contributed by atoms with van der Waals surface area (Å²) in [6.07, 6.45) is 9.06. The summed E-state index contributed by atoms with van der Waals surface area (Å²) in [6, 6.07) is 87.9. The molecule has 10 aromatic carbocycles. The van der Waals surface area contributed by atoms with Crippen molar-refractivity contribution in [2.24, 2.45) is 0 Å². The smallest absolute Gasteiger partial charge is 0.143 e. The molecule has 0 bridgehead atoms. The van der Waals surface area contributed by atoms with Crippen LogP contribution in [0.15, 0.2) is 271 Å². The van der Waals surface area contributed by atoms with E-state index in [4.69, 9.17) is 4.42 Å². The second kappa shape index (κ2) is 17.1. The van der Waals surface area contributed by atoms with E-state index in [0.29, 0.717) is 5.92 Å². The molecule has 3 heteroatoms. The van der Waals surface area contributed by atoms with E-state index in [9.17, 15) is 0 Å². The Kier molecular flexibility index (Phi) is 9.98. The van der Waals surface area contributed by atoms with Gasteiger partial charge in [-0.1, -0.05) is 206 Å². The summed E-state index contributed by atoms with van der Waals surface area (Å²) < 4.78 is 6.43. The van der Waals surface area contributed by atoms with Crippen LogP contribution >= 0.6 is 0 Å². The molecule has 0 amide bonds. The van der Waals surface area contributed by atoms with Crippen molar-refractivity contribution < 1.29 is 4.42 Å². The van der Waals surface area contributed by atoms with Crippen LogP contribution in [-0.4, -0.2) is 6.04 Å². The normalized spacial score (nSPS) is 14.8. The molecule has 69 heavy (non-hydrogen) atoms. The van der Waals surface area contributed by atoms with Crippen molar-refractivity contribution in [1.29, 1.82) is 0 Å². The van der Waals surface area contributed by atoms with Crippen LogP contribution in [0.2, 0.25) is 0 Å². The zero-order valence-electron chi connectivity index (χ0n) is 37.9. The molecule has 3 nitrogen and oxygen atoms in total. The van der Waals surface area contributed by atoms with E-state index < -0.39 is 0 Å². The van der Waals surface area contributed by atoms with Crippen LogP contribution in [-0.2, 0) is 0 Å². The third-order valence-corrected chi connectivity index (χ3v) is 14.0. The number of anilines is 5. The zero-order chi connectivity index (χ0) is 45.7. The summed E-state index contributed by atoms with van der Waals surface area (Å²) in [4.78, 5) is 4.87. The quantitative estimate of drug-likeness (QED) is 0.144. The Balaban J connectivity index is 0.810. The van der Waals surface area contributed by atoms with Gasteiger partial charge in [-0.25, -0.2) is 0 Å². The highest BCUT2D eigenvalue weighted by Crippen LogP contribution is 2.50. The minimum Gasteiger partial charge on any atom is -0.455 e. The lowest BCUT2D eigenvalue weighted by molar-refractivity contribution is 0.670. The van der Waals surface area contributed by atoms with Crippen molar-refractivity contribution in [2.45, 2.75) is 12.0 Å². The summed E-state index contributed by atoms with van der Waals surface area (Å²) >= 11 is 0. The maximum atomic E-state index is 6.43. The van der Waals surface area contributed by atoms with E-state index in [0.717, 1.165) is 61.3 Å². The summed E-state index contributed by atoms with van der Waals surface area (Å²) in [5.74, 6) is 0.341. The van der Waals surface area contributed by atoms with Crippen molar-refractivity contribution in [1.82, 2.24) is 0 Å². The molecule has 0 N–H and O–H groups in total. The molecule has 2 heterocycles. The Hall–Kier alpha value is -8.92. The van der Waals surface area contributed by atoms with Crippen LogP contribution in [0.25, 0.3) is 77.6 Å². The monoisotopic (exact) mass is 882 g/mol. The number of hydrogen-bond acceptors (Lipinski definition) is 3. The third-order valence-electron chi connectivity index (χ3n) is 14.0. The molecule has 0 fully saturated rings. The molecule has 0 saturated carbocycles. The van der Waals surface area contributed by atoms with Gasteiger partial charge < -0.3 is 14.2 Å². The minimum absolute atomic E-state index is 0.249. The van der Waals surface area contributed by atoms with Crippen LogP contribution in [0.4, 0.5) is 28.4 Å². The van der Waals surface area contributed by atoms with Crippen molar-refractivity contribution >= 4 is 50.4 Å². The topological polar surface area (TPSA) is 19.6 Å². The first kappa shape index (κ1) is 40.4. The maximum Gasteiger partial charge on any atom is 0.143 e. The second-order valence-electron chi connectivity index (χ2n) is 18.0. The Morgan fingerprint density at radius 1 is 0.348 bits per heavy atom. The van der Waals surface area contributed by atoms with E-state index in [-0.39, 0.29) is 6.04 Å². The number of benzene rings is 10. The third kappa shape index (κ3) is 7.24. The lowest BCUT2D eigenvalue weighted by Gasteiger charge is -2.30. The summed E-state index contributed by atoms with van der Waals surface area (Å²) in [6.45, 7) is 0. The molecule has 1 aliphatic carbocycles. The van der Waals surface area contributed by atoms with Crippen LogP contribution in [0.1, 0.15) is 11.5 Å². The first-order chi connectivity index (χ1) is 34.2. The molecule has 326 valence electrons. The predicted molar refractivity (Wildman–Crippen MR) is 289 cm³/mol. The van der Waals surface area contributed by atoms with E-state index >= 15 is 0 Å². The van der Waals surface area contributed by atoms with Gasteiger partial charge >= 0.3 is 0 Å². The first-order valence-electron chi connectivity index (χ1n) is 23.8. The number of furan rings is 1. The van der Waals surface area contributed by atoms with Gasteiger partial charge in [0.05, 0.1) is 6.04 Å². The van der Waals surface area contributed by atoms with Crippen LogP contribution in [0.5, 0.6) is 0 Å². The van der Waals surface area contributed by atoms with Gasteiger partial charge in [-0.2, -0.15) is 0 Å². The molecule has 0 spiro atoms. The number of fused-ring (bicyclic) bond motifs is 6. The first-order valence-corrected chi connectivity index (χ1v) is 23.8. The van der Waals surface area contributed by atoms with Crippen molar-refractivity contribution in [3.8, 4) is 55.6 Å². The molecule has 1 aromatic heterocycles. The predicted octanol–water partition coefficient (Wildman–Crippen LogP) is 18.1. The standard InChI is InChI=1S/C66H46N2O/c1-2-14-45(15-3-1)47-32-38-53(39-33-47)67(55-42-36-49(37-43-55)51-16-12-17-52(44-51)57-22-13-23-61-60-21-7-11-27-65(60)69-66(57)61)54-40-34-48(35-41-54)46-28-30-50(31-29-46)56-18-4-8-24-62(56)68-63-25-9-5-19-58(63)59-20-6-10-26-64(59)68/h1-44,58,63H. The number of allylic oxidation sites excluding steroid dienone is 2. The second-order valence-corrected chi connectivity index (χ2v) is 18.0. The van der Waals surface area contributed by atoms with Gasteiger partial charge in [0, 0.05) is 56.3 Å². The molecule has 1 aliphatic heterocycles. The Morgan fingerprint density at radius 2 is 0.841 bits per heavy atom. The number of hydrogen-bond donors (Lipinski definition) is 0. The van der Waals surface area contributed by atoms with E-state index in [1.807, 2.05) is 12.1 Å². The molecule has 0 saturated heterocycles. The lowest BCUT2D eigenvalue weighted by atomic mass is 9.91. The molecular formula is C66H46N2O. The van der Waals surface area contributed by atoms with E-state index in [1.165, 1.54) is 50.3 Å². The SMILES string of the molecule is C1=CC2c3ccccc3N(c3ccccc3-c3ccc(-c4ccc(N(c5ccc(-c6ccccc6)cc5)c5ccc(-c6cccc(-c7cccc8c7oc7ccccc78)c6)cc5)cc4)cc3)C2C=C1. The molecule has 11 aromatic rings. The number of nitrogens with zero attached hydrogens (tertiary/aromatic N) is 2. The van der Waals surface area contributed by atoms with Crippen molar-refractivity contribution in [3.05, 3.63) is 273 Å². The average Bonchev–Trinajstić information content (AvgIpc) is 3.98. The largest absolute Gasteiger partial charge is 0.455 e. The average molecular weight is 883 g/mol. The highest BCUT2D eigenvalue weighted by atomic mass is 16.3. The molecule has 2 unspecified atom stereocenters. The highest BCUT2D eigenvalue weighted by molar-refractivity contribution is 6.09. The Labute approximate surface area is 402 Å². The van der Waals surface area contributed by atoms with Gasteiger partial charge in [-0.3, -0.25) is 0 Å². The van der Waals surface area contributed by atoms with Gasteiger partial charge in [-0.15, -0.1) is 0 Å². The fourth-order valence-electron chi connectivity index (χ4n) is 10.7. The fourth-order valence-corrected chi connectivity index (χ4v) is 10.7. The van der Waals surface area contributed by atoms with Crippen LogP contribution in [0, 0.1) is 0 Å². The van der Waals surface area contributed by atoms with Gasteiger partial charge in [0.2, 0.25) is 0 Å². The Bertz CT molecular complexity index is 3710. The highest BCUT2D eigenvalue weighted by Gasteiger charge is 2.37. The molecular weight excluding hydrogens is 837 g/mol. The van der Waals surface area contributed by atoms with Gasteiger partial charge in [-0.05, 0) is 111 Å². The minimum atomic E-state index is 0.249. The van der Waals surface area contributed by atoms with Crippen molar-refractivity contribution in [2.75, 3.05) is 9.80 Å². The summed E-state index contributed by atoms with van der Waals surface area (Å²) in [5.41, 5.74) is 20.6. The summed E-state index contributed by atoms with van der Waals surface area (Å²) in [7, 11) is 0. The van der Waals surface area contributed by atoms with E-state index in [2.05, 4.69) is 265 Å². The fraction of sp³-hybridized carbons (Fsp3) is 0.0303. The Morgan fingerprint density at radius 3 is 1.57 bits per heavy atom. The molecule has 0 radical (unpaired) electrons. The number of para-hydroxylation sites is 4. The van der Waals surface area contributed by atoms with Gasteiger partial charge in [0.1, 0.15) is 11.2 Å². The van der Waals surface area contributed by atoms with Crippen molar-refractivity contribution in [3.63, 3.8) is 0 Å². The molecule has 2 aliphatic rings. The van der Waals surface area contributed by atoms with Crippen LogP contribution < -0.4 is 9.80 Å².